The molecule has 1 aliphatic heterocycles. The summed E-state index contributed by atoms with van der Waals surface area (Å²) in [6.07, 6.45) is 7.64. The summed E-state index contributed by atoms with van der Waals surface area (Å²) in [6, 6.07) is 18.5. The lowest BCUT2D eigenvalue weighted by molar-refractivity contribution is 0.0512. The summed E-state index contributed by atoms with van der Waals surface area (Å²) in [7, 11) is 0. The number of thioether (sulfide) groups is 2. The minimum absolute atomic E-state index is 0.0738. The van der Waals surface area contributed by atoms with Crippen LogP contribution in [0.3, 0.4) is 0 Å². The highest BCUT2D eigenvalue weighted by atomic mass is 32.2. The number of aliphatic hydroxyl groups excluding tert-OH is 3. The minimum atomic E-state index is -0.547. The number of rotatable bonds is 18. The van der Waals surface area contributed by atoms with Crippen molar-refractivity contribution in [2.24, 2.45) is 11.3 Å². The van der Waals surface area contributed by atoms with Crippen LogP contribution in [0.5, 0.6) is 5.75 Å². The van der Waals surface area contributed by atoms with E-state index in [4.69, 9.17) is 4.74 Å². The Balaban J connectivity index is 1.44. The third kappa shape index (κ3) is 11.0. The molecule has 41 heavy (non-hydrogen) atoms. The van der Waals surface area contributed by atoms with E-state index in [2.05, 4.69) is 51.6 Å². The molecule has 0 aromatic heterocycles. The summed E-state index contributed by atoms with van der Waals surface area (Å²) in [6.45, 7) is 11.0. The Morgan fingerprint density at radius 2 is 1.68 bits per heavy atom. The normalized spacial score (nSPS) is 18.3. The number of benzene rings is 2. The van der Waals surface area contributed by atoms with E-state index in [1.54, 1.807) is 6.08 Å². The van der Waals surface area contributed by atoms with Gasteiger partial charge in [-0.15, -0.1) is 30.1 Å². The Morgan fingerprint density at radius 3 is 2.39 bits per heavy atom. The van der Waals surface area contributed by atoms with Gasteiger partial charge < -0.3 is 20.1 Å². The summed E-state index contributed by atoms with van der Waals surface area (Å²) in [5.41, 5.74) is 2.32. The van der Waals surface area contributed by atoms with E-state index in [0.717, 1.165) is 48.5 Å². The minimum Gasteiger partial charge on any atom is -0.489 e. The van der Waals surface area contributed by atoms with Crippen LogP contribution in [0, 0.1) is 11.3 Å². The summed E-state index contributed by atoms with van der Waals surface area (Å²) in [5.74, 6) is 3.22. The van der Waals surface area contributed by atoms with Gasteiger partial charge in [-0.1, -0.05) is 75.7 Å². The monoisotopic (exact) mass is 600 g/mol. The van der Waals surface area contributed by atoms with E-state index >= 15 is 0 Å². The molecule has 0 bridgehead atoms. The first-order valence-corrected chi connectivity index (χ1v) is 17.3. The molecule has 1 heterocycles. The van der Waals surface area contributed by atoms with E-state index in [0.29, 0.717) is 32.3 Å². The van der Waals surface area contributed by atoms with Crippen LogP contribution < -0.4 is 4.74 Å². The van der Waals surface area contributed by atoms with Gasteiger partial charge in [0.2, 0.25) is 0 Å². The average molecular weight is 601 g/mol. The molecule has 1 saturated heterocycles. The van der Waals surface area contributed by atoms with E-state index in [1.165, 1.54) is 12.0 Å². The third-order valence-electron chi connectivity index (χ3n) is 8.34. The van der Waals surface area contributed by atoms with Crippen LogP contribution in [0.25, 0.3) is 0 Å². The molecule has 6 heteroatoms. The first-order valence-electron chi connectivity index (χ1n) is 15.3. The van der Waals surface area contributed by atoms with Gasteiger partial charge in [0.05, 0.1) is 22.4 Å². The molecular formula is C35H52O4S2. The highest BCUT2D eigenvalue weighted by Crippen LogP contribution is 2.58. The zero-order chi connectivity index (χ0) is 29.7. The fourth-order valence-electron chi connectivity index (χ4n) is 5.93. The highest BCUT2D eigenvalue weighted by molar-refractivity contribution is 8.18. The van der Waals surface area contributed by atoms with Gasteiger partial charge in [-0.2, -0.15) is 0 Å². The van der Waals surface area contributed by atoms with Crippen molar-refractivity contribution in [3.05, 3.63) is 78.4 Å². The molecule has 1 unspecified atom stereocenters. The smallest absolute Gasteiger partial charge is 0.120 e. The first kappa shape index (κ1) is 34.1. The maximum atomic E-state index is 11.2. The van der Waals surface area contributed by atoms with Crippen LogP contribution >= 0.6 is 23.5 Å². The van der Waals surface area contributed by atoms with Crippen molar-refractivity contribution in [3.63, 3.8) is 0 Å². The lowest BCUT2D eigenvalue weighted by Gasteiger charge is -2.50. The number of aliphatic hydroxyl groups is 3. The van der Waals surface area contributed by atoms with Gasteiger partial charge in [-0.05, 0) is 97.5 Å². The summed E-state index contributed by atoms with van der Waals surface area (Å²) < 4.78 is 5.85. The van der Waals surface area contributed by atoms with Crippen molar-refractivity contribution in [1.29, 1.82) is 0 Å². The van der Waals surface area contributed by atoms with Crippen LogP contribution in [0.1, 0.15) is 83.3 Å². The number of hydrogen-bond acceptors (Lipinski definition) is 6. The Bertz CT molecular complexity index is 1020. The van der Waals surface area contributed by atoms with Crippen LogP contribution in [0.4, 0.5) is 0 Å². The van der Waals surface area contributed by atoms with Gasteiger partial charge in [0.25, 0.3) is 0 Å². The highest BCUT2D eigenvalue weighted by Gasteiger charge is 2.49. The van der Waals surface area contributed by atoms with Gasteiger partial charge in [-0.25, -0.2) is 0 Å². The maximum absolute atomic E-state index is 11.2. The Morgan fingerprint density at radius 1 is 0.976 bits per heavy atom. The van der Waals surface area contributed by atoms with Crippen molar-refractivity contribution < 1.29 is 20.1 Å². The van der Waals surface area contributed by atoms with Crippen molar-refractivity contribution >= 4 is 23.5 Å². The molecule has 1 aliphatic rings. The van der Waals surface area contributed by atoms with Crippen molar-refractivity contribution in [3.8, 4) is 5.75 Å². The molecule has 228 valence electrons. The lowest BCUT2D eigenvalue weighted by Crippen LogP contribution is -2.46. The molecule has 4 nitrogen and oxygen atoms in total. The second-order valence-corrected chi connectivity index (χ2v) is 15.4. The molecule has 3 N–H and O–H groups in total. The van der Waals surface area contributed by atoms with Gasteiger partial charge in [0.15, 0.2) is 0 Å². The zero-order valence-electron chi connectivity index (χ0n) is 25.3. The standard InChI is InChI=1S/C35H52O4S2/c1-5-13-33(38)27(2)24-34(3,4)35(40-20-12-21-41-35)25-31(37)23-30(36)18-10-9-14-28-17-11-19-32(22-28)39-26-29-15-7-6-8-16-29/h5-8,11,15-17,19,22,27,30-31,33,36-38H,1,9-10,12-14,18,20-21,23-26H2,2-4H3/t27-,30-,31-,33?/m1/s1. The Kier molecular flexibility index (Phi) is 14.1. The van der Waals surface area contributed by atoms with Gasteiger partial charge in [-0.3, -0.25) is 0 Å². The molecule has 0 amide bonds. The lowest BCUT2D eigenvalue weighted by atomic mass is 9.76. The predicted octanol–water partition coefficient (Wildman–Crippen LogP) is 8.04. The summed E-state index contributed by atoms with van der Waals surface area (Å²) in [4.78, 5) is 0. The quantitative estimate of drug-likeness (QED) is 0.119. The topological polar surface area (TPSA) is 69.9 Å². The number of hydrogen-bond donors (Lipinski definition) is 3. The molecule has 0 radical (unpaired) electrons. The van der Waals surface area contributed by atoms with Crippen molar-refractivity contribution in [1.82, 2.24) is 0 Å². The van der Waals surface area contributed by atoms with E-state index in [-0.39, 0.29) is 15.4 Å². The van der Waals surface area contributed by atoms with Gasteiger partial charge >= 0.3 is 0 Å². The number of ether oxygens (including phenoxy) is 1. The predicted molar refractivity (Wildman–Crippen MR) is 177 cm³/mol. The SMILES string of the molecule is C=CCC(O)[C@H](C)CC(C)(C)C1(C[C@H](O)C[C@H](O)CCCCc2cccc(OCc3ccccc3)c2)SCCCS1. The third-order valence-corrected chi connectivity index (χ3v) is 12.4. The molecule has 0 saturated carbocycles. The van der Waals surface area contributed by atoms with Gasteiger partial charge in [0.1, 0.15) is 12.4 Å². The molecule has 3 rings (SSSR count). The summed E-state index contributed by atoms with van der Waals surface area (Å²) in [5, 5.41) is 32.5. The molecule has 4 atom stereocenters. The molecule has 0 aliphatic carbocycles. The molecule has 2 aromatic carbocycles. The fourth-order valence-corrected chi connectivity index (χ4v) is 9.75. The largest absolute Gasteiger partial charge is 0.489 e. The zero-order valence-corrected chi connectivity index (χ0v) is 27.0. The second-order valence-electron chi connectivity index (χ2n) is 12.4. The van der Waals surface area contributed by atoms with E-state index in [1.807, 2.05) is 53.9 Å². The Labute approximate surface area is 257 Å². The van der Waals surface area contributed by atoms with Crippen LogP contribution in [0.2, 0.25) is 0 Å². The number of aryl methyl sites for hydroxylation is 1. The van der Waals surface area contributed by atoms with E-state index < -0.39 is 18.3 Å². The molecule has 1 fully saturated rings. The molecular weight excluding hydrogens is 549 g/mol. The van der Waals surface area contributed by atoms with Crippen LogP contribution in [0.15, 0.2) is 67.3 Å². The average Bonchev–Trinajstić information content (AvgIpc) is 2.95. The molecule has 2 aromatic rings. The van der Waals surface area contributed by atoms with E-state index in [9.17, 15) is 15.3 Å². The summed E-state index contributed by atoms with van der Waals surface area (Å²) >= 11 is 3.94. The van der Waals surface area contributed by atoms with Gasteiger partial charge in [0, 0.05) is 0 Å². The first-order chi connectivity index (χ1) is 19.6. The van der Waals surface area contributed by atoms with Crippen LogP contribution in [-0.2, 0) is 13.0 Å². The molecule has 0 spiro atoms. The van der Waals surface area contributed by atoms with Crippen LogP contribution in [-0.4, -0.2) is 49.2 Å². The fraction of sp³-hybridized carbons (Fsp3) is 0.600. The Hall–Kier alpha value is -1.44. The van der Waals surface area contributed by atoms with Crippen molar-refractivity contribution in [2.75, 3.05) is 11.5 Å². The van der Waals surface area contributed by atoms with Crippen molar-refractivity contribution in [2.45, 2.75) is 108 Å². The second kappa shape index (κ2) is 17.0. The number of unbranched alkanes of at least 4 members (excludes halogenated alkanes) is 1. The maximum Gasteiger partial charge on any atom is 0.120 e.